The Bertz CT molecular complexity index is 200. The number of hydrogen-bond acceptors (Lipinski definition) is 3. The molecule has 0 spiro atoms. The first-order chi connectivity index (χ1) is 5.10. The maximum Gasteiger partial charge on any atom is 0.312 e. The van der Waals surface area contributed by atoms with Gasteiger partial charge in [-0.05, 0) is 12.8 Å². The van der Waals surface area contributed by atoms with Crippen LogP contribution in [0.15, 0.2) is 0 Å². The summed E-state index contributed by atoms with van der Waals surface area (Å²) in [5.41, 5.74) is -0.506. The molecular formula is C6H11NO3S. The van der Waals surface area contributed by atoms with Crippen molar-refractivity contribution in [3.63, 3.8) is 0 Å². The number of methoxy groups -OCH3 is 1. The molecule has 11 heavy (non-hydrogen) atoms. The summed E-state index contributed by atoms with van der Waals surface area (Å²) in [5, 5.41) is 5.08. The summed E-state index contributed by atoms with van der Waals surface area (Å²) in [7, 11) is -0.0604. The van der Waals surface area contributed by atoms with Gasteiger partial charge in [0.05, 0.1) is 29.3 Å². The molecule has 0 amide bonds. The average molecular weight is 177 g/mol. The fourth-order valence-corrected chi connectivity index (χ4v) is 2.00. The Morgan fingerprint density at radius 2 is 2.27 bits per heavy atom. The Balaban J connectivity index is 2.53. The Morgan fingerprint density at radius 3 is 2.55 bits per heavy atom. The van der Waals surface area contributed by atoms with Crippen molar-refractivity contribution in [1.29, 1.82) is 0 Å². The second-order valence-electron chi connectivity index (χ2n) is 2.80. The van der Waals surface area contributed by atoms with Gasteiger partial charge in [0.25, 0.3) is 0 Å². The van der Waals surface area contributed by atoms with Gasteiger partial charge >= 0.3 is 5.97 Å². The summed E-state index contributed by atoms with van der Waals surface area (Å²) >= 11 is 0. The number of carbonyl (C=O) groups is 1. The minimum atomic E-state index is -1.40. The number of carbonyl (C=O) groups excluding carboxylic acids is 1. The molecule has 0 aromatic carbocycles. The van der Waals surface area contributed by atoms with Crippen LogP contribution in [0.25, 0.3) is 0 Å². The van der Waals surface area contributed by atoms with Crippen LogP contribution in [0.5, 0.6) is 0 Å². The maximum absolute atomic E-state index is 11.0. The molecule has 0 saturated heterocycles. The zero-order chi connectivity index (χ0) is 8.48. The van der Waals surface area contributed by atoms with Crippen LogP contribution in [0.2, 0.25) is 0 Å². The standard InChI is InChI=1S/C6H11NO3S/c1-10-5(8)6(2-3-6)4-11(7)9/h2-4,7H2,1H3. The minimum absolute atomic E-state index is 0.236. The maximum atomic E-state index is 11.0. The highest BCUT2D eigenvalue weighted by Gasteiger charge is 2.51. The topological polar surface area (TPSA) is 69.4 Å². The van der Waals surface area contributed by atoms with E-state index in [2.05, 4.69) is 4.74 Å². The van der Waals surface area contributed by atoms with Crippen molar-refractivity contribution in [3.8, 4) is 0 Å². The molecule has 1 unspecified atom stereocenters. The van der Waals surface area contributed by atoms with E-state index in [1.54, 1.807) is 0 Å². The normalized spacial score (nSPS) is 22.4. The van der Waals surface area contributed by atoms with Crippen molar-refractivity contribution in [1.82, 2.24) is 0 Å². The summed E-state index contributed by atoms with van der Waals surface area (Å²) in [5.74, 6) is -0.0454. The van der Waals surface area contributed by atoms with Crippen LogP contribution in [-0.4, -0.2) is 23.0 Å². The second-order valence-corrected chi connectivity index (χ2v) is 3.85. The lowest BCUT2D eigenvalue weighted by molar-refractivity contribution is -0.146. The van der Waals surface area contributed by atoms with E-state index in [0.29, 0.717) is 0 Å². The molecule has 1 saturated carbocycles. The predicted octanol–water partition coefficient (Wildman–Crippen LogP) is -0.438. The molecule has 0 bridgehead atoms. The summed E-state index contributed by atoms with van der Waals surface area (Å²) in [6.07, 6.45) is 1.51. The van der Waals surface area contributed by atoms with Crippen LogP contribution >= 0.6 is 0 Å². The van der Waals surface area contributed by atoms with Crippen LogP contribution in [0.3, 0.4) is 0 Å². The first-order valence-electron chi connectivity index (χ1n) is 3.32. The zero-order valence-electron chi connectivity index (χ0n) is 6.33. The Labute approximate surface area is 67.7 Å². The lowest BCUT2D eigenvalue weighted by atomic mass is 10.1. The van der Waals surface area contributed by atoms with Gasteiger partial charge in [0, 0.05) is 0 Å². The lowest BCUT2D eigenvalue weighted by Gasteiger charge is -2.08. The Morgan fingerprint density at radius 1 is 1.73 bits per heavy atom. The molecule has 0 aromatic rings. The van der Waals surface area contributed by atoms with Crippen LogP contribution in [0.4, 0.5) is 0 Å². The van der Waals surface area contributed by atoms with Gasteiger partial charge in [-0.15, -0.1) is 0 Å². The molecule has 0 radical (unpaired) electrons. The van der Waals surface area contributed by atoms with Gasteiger partial charge in [-0.1, -0.05) is 0 Å². The van der Waals surface area contributed by atoms with Crippen molar-refractivity contribution in [2.75, 3.05) is 12.9 Å². The van der Waals surface area contributed by atoms with E-state index in [0.717, 1.165) is 12.8 Å². The monoisotopic (exact) mass is 177 g/mol. The minimum Gasteiger partial charge on any atom is -0.469 e. The van der Waals surface area contributed by atoms with Gasteiger partial charge < -0.3 is 4.74 Å². The molecule has 1 aliphatic rings. The third kappa shape index (κ3) is 1.78. The number of esters is 1. The molecule has 2 N–H and O–H groups in total. The predicted molar refractivity (Wildman–Crippen MR) is 40.9 cm³/mol. The van der Waals surface area contributed by atoms with Crippen molar-refractivity contribution in [3.05, 3.63) is 0 Å². The van der Waals surface area contributed by atoms with E-state index in [4.69, 9.17) is 5.14 Å². The van der Waals surface area contributed by atoms with Crippen LogP contribution < -0.4 is 5.14 Å². The van der Waals surface area contributed by atoms with E-state index in [1.165, 1.54) is 7.11 Å². The lowest BCUT2D eigenvalue weighted by Crippen LogP contribution is -2.26. The third-order valence-corrected chi connectivity index (χ3v) is 2.73. The van der Waals surface area contributed by atoms with Crippen molar-refractivity contribution >= 4 is 17.0 Å². The second kappa shape index (κ2) is 2.91. The molecule has 64 valence electrons. The number of nitrogens with two attached hydrogens (primary N) is 1. The average Bonchev–Trinajstić information content (AvgIpc) is 2.67. The smallest absolute Gasteiger partial charge is 0.312 e. The number of rotatable bonds is 3. The van der Waals surface area contributed by atoms with Gasteiger partial charge in [0.15, 0.2) is 0 Å². The molecular weight excluding hydrogens is 166 g/mol. The van der Waals surface area contributed by atoms with E-state index in [1.807, 2.05) is 0 Å². The molecule has 4 nitrogen and oxygen atoms in total. The third-order valence-electron chi connectivity index (χ3n) is 1.89. The molecule has 1 aliphatic carbocycles. The van der Waals surface area contributed by atoms with Gasteiger partial charge in [0.2, 0.25) is 0 Å². The zero-order valence-corrected chi connectivity index (χ0v) is 7.15. The van der Waals surface area contributed by atoms with Crippen LogP contribution in [0, 0.1) is 5.41 Å². The highest BCUT2D eigenvalue weighted by Crippen LogP contribution is 2.46. The Kier molecular flexibility index (Phi) is 2.29. The largest absolute Gasteiger partial charge is 0.469 e. The summed E-state index contributed by atoms with van der Waals surface area (Å²) in [6.45, 7) is 0. The fraction of sp³-hybridized carbons (Fsp3) is 0.833. The fourth-order valence-electron chi connectivity index (χ4n) is 1.05. The summed E-state index contributed by atoms with van der Waals surface area (Å²) in [6, 6.07) is 0. The van der Waals surface area contributed by atoms with E-state index in [-0.39, 0.29) is 11.7 Å². The number of ether oxygens (including phenoxy) is 1. The molecule has 1 atom stereocenters. The SMILES string of the molecule is COC(=O)C1(CS(N)=O)CC1. The van der Waals surface area contributed by atoms with E-state index < -0.39 is 16.4 Å². The quantitative estimate of drug-likeness (QED) is 0.594. The first-order valence-corrected chi connectivity index (χ1v) is 4.70. The molecule has 0 heterocycles. The van der Waals surface area contributed by atoms with Gasteiger partial charge in [-0.2, -0.15) is 0 Å². The summed E-state index contributed by atoms with van der Waals surface area (Å²) < 4.78 is 15.2. The Hall–Kier alpha value is -0.420. The van der Waals surface area contributed by atoms with E-state index in [9.17, 15) is 9.00 Å². The van der Waals surface area contributed by atoms with Crippen molar-refractivity contribution in [2.24, 2.45) is 10.6 Å². The molecule has 0 aromatic heterocycles. The highest BCUT2D eigenvalue weighted by atomic mass is 32.2. The highest BCUT2D eigenvalue weighted by molar-refractivity contribution is 7.82. The van der Waals surface area contributed by atoms with Crippen LogP contribution in [0.1, 0.15) is 12.8 Å². The van der Waals surface area contributed by atoms with E-state index >= 15 is 0 Å². The molecule has 1 fully saturated rings. The van der Waals surface area contributed by atoms with Crippen molar-refractivity contribution < 1.29 is 13.7 Å². The summed E-state index contributed by atoms with van der Waals surface area (Å²) in [4.78, 5) is 11.0. The van der Waals surface area contributed by atoms with Gasteiger partial charge in [0.1, 0.15) is 0 Å². The molecule has 1 rings (SSSR count). The van der Waals surface area contributed by atoms with Crippen molar-refractivity contribution in [2.45, 2.75) is 12.8 Å². The molecule has 5 heteroatoms. The first kappa shape index (κ1) is 8.67. The van der Waals surface area contributed by atoms with Crippen LogP contribution in [-0.2, 0) is 20.5 Å². The number of hydrogen-bond donors (Lipinski definition) is 1. The van der Waals surface area contributed by atoms with Gasteiger partial charge in [-0.25, -0.2) is 4.21 Å². The molecule has 0 aliphatic heterocycles. The van der Waals surface area contributed by atoms with Gasteiger partial charge in [-0.3, -0.25) is 9.93 Å².